The zero-order chi connectivity index (χ0) is 8.23. The molecule has 0 aliphatic carbocycles. The van der Waals surface area contributed by atoms with Gasteiger partial charge in [0, 0.05) is 0 Å². The second-order valence-electron chi connectivity index (χ2n) is 1.59. The first-order chi connectivity index (χ1) is 5.95. The van der Waals surface area contributed by atoms with Gasteiger partial charge in [-0.1, -0.05) is 5.10 Å². The summed E-state index contributed by atoms with van der Waals surface area (Å²) in [5.74, 6) is 0.152. The first kappa shape index (κ1) is 6.45. The molecule has 0 saturated heterocycles. The van der Waals surface area contributed by atoms with E-state index in [1.54, 1.807) is 0 Å². The van der Waals surface area contributed by atoms with Gasteiger partial charge in [-0.05, 0) is 5.21 Å². The summed E-state index contributed by atoms with van der Waals surface area (Å²) >= 11 is 0. The lowest BCUT2D eigenvalue weighted by Gasteiger charge is -1.84. The maximum absolute atomic E-state index is 3.51. The van der Waals surface area contributed by atoms with Crippen molar-refractivity contribution in [2.75, 3.05) is 0 Å². The van der Waals surface area contributed by atoms with Crippen molar-refractivity contribution in [3.8, 4) is 0 Å². The molecule has 0 radical (unpaired) electrons. The van der Waals surface area contributed by atoms with Crippen molar-refractivity contribution < 1.29 is 0 Å². The molecule has 2 aromatic rings. The van der Waals surface area contributed by atoms with Crippen LogP contribution in [-0.4, -0.2) is 36.1 Å². The van der Waals surface area contributed by atoms with Gasteiger partial charge in [0.1, 0.15) is 5.95 Å². The Labute approximate surface area is 64.5 Å². The van der Waals surface area contributed by atoms with Gasteiger partial charge >= 0.3 is 0 Å². The van der Waals surface area contributed by atoms with Crippen LogP contribution < -0.4 is 5.10 Å². The standard InChI is InChI=1S/C2HN10/c3(1-5-9-10-6-1)4-2-7-11-12-8-2/h(H-,5,6,7,8,9,10,11,12)/q-1/b4-3+. The molecule has 2 heterocycles. The molecule has 0 aliphatic heterocycles. The zero-order valence-electron chi connectivity index (χ0n) is 5.52. The third-order valence-electron chi connectivity index (χ3n) is 0.871. The molecule has 1 N–H and O–H groups in total. The molecular formula is C2HN10-. The van der Waals surface area contributed by atoms with Crippen LogP contribution in [0.3, 0.4) is 0 Å². The first-order valence-corrected chi connectivity index (χ1v) is 2.79. The molecule has 0 bridgehead atoms. The van der Waals surface area contributed by atoms with Crippen molar-refractivity contribution in [2.24, 2.45) is 10.2 Å². The fourth-order valence-electron chi connectivity index (χ4n) is 0.468. The highest BCUT2D eigenvalue weighted by molar-refractivity contribution is 5.10. The smallest absolute Gasteiger partial charge is 0.266 e. The molecule has 0 unspecified atom stereocenters. The molecule has 0 atom stereocenters. The Kier molecular flexibility index (Phi) is 1.49. The van der Waals surface area contributed by atoms with Gasteiger partial charge in [0.25, 0.3) is 5.95 Å². The highest BCUT2D eigenvalue weighted by Gasteiger charge is 1.89. The van der Waals surface area contributed by atoms with Gasteiger partial charge in [0.15, 0.2) is 0 Å². The summed E-state index contributed by atoms with van der Waals surface area (Å²) in [6, 6.07) is 0. The van der Waals surface area contributed by atoms with Crippen LogP contribution in [0.4, 0.5) is 11.9 Å². The summed E-state index contributed by atoms with van der Waals surface area (Å²) < 4.78 is 0. The SMILES string of the molecule is N(=N\c1nnn[n-]1)/c1nn[nH]n1. The van der Waals surface area contributed by atoms with Crippen molar-refractivity contribution >= 4 is 11.9 Å². The molecule has 0 aliphatic rings. The van der Waals surface area contributed by atoms with Crippen LogP contribution in [-0.2, 0) is 0 Å². The number of nitrogens with one attached hydrogen (secondary N) is 1. The molecule has 0 aromatic carbocycles. The van der Waals surface area contributed by atoms with E-state index >= 15 is 0 Å². The summed E-state index contributed by atoms with van der Waals surface area (Å²) in [7, 11) is 0. The topological polar surface area (TPSA) is 132 Å². The van der Waals surface area contributed by atoms with Gasteiger partial charge in [0.05, 0.1) is 0 Å². The van der Waals surface area contributed by atoms with Crippen LogP contribution in [0.2, 0.25) is 0 Å². The lowest BCUT2D eigenvalue weighted by atomic mass is 11.1. The summed E-state index contributed by atoms with van der Waals surface area (Å²) in [6.45, 7) is 0. The second kappa shape index (κ2) is 2.77. The Morgan fingerprint density at radius 3 is 2.92 bits per heavy atom. The minimum atomic E-state index is 0.0554. The minimum Gasteiger partial charge on any atom is -0.266 e. The van der Waals surface area contributed by atoms with Crippen LogP contribution in [0.15, 0.2) is 10.2 Å². The van der Waals surface area contributed by atoms with E-state index in [0.29, 0.717) is 0 Å². The number of azo groups is 1. The van der Waals surface area contributed by atoms with Gasteiger partial charge in [-0.25, -0.2) is 10.2 Å². The monoisotopic (exact) mass is 165 g/mol. The van der Waals surface area contributed by atoms with E-state index in [0.717, 1.165) is 0 Å². The normalized spacial score (nSPS) is 11.0. The van der Waals surface area contributed by atoms with Gasteiger partial charge < -0.3 is 0 Å². The number of nitrogens with zero attached hydrogens (tertiary/aromatic N) is 9. The highest BCUT2D eigenvalue weighted by Crippen LogP contribution is 2.03. The molecule has 0 fully saturated rings. The number of tetrazole rings is 2. The number of hydrogen-bond acceptors (Lipinski definition) is 8. The highest BCUT2D eigenvalue weighted by atomic mass is 15.5. The maximum atomic E-state index is 3.51. The fraction of sp³-hybridized carbons (Fsp3) is 0. The molecule has 2 rings (SSSR count). The Morgan fingerprint density at radius 1 is 1.25 bits per heavy atom. The van der Waals surface area contributed by atoms with E-state index in [2.05, 4.69) is 51.5 Å². The Morgan fingerprint density at radius 2 is 2.25 bits per heavy atom. The van der Waals surface area contributed by atoms with E-state index in [9.17, 15) is 0 Å². The van der Waals surface area contributed by atoms with Gasteiger partial charge in [-0.3, -0.25) is 5.10 Å². The van der Waals surface area contributed by atoms with Crippen LogP contribution in [0.25, 0.3) is 0 Å². The fourth-order valence-corrected chi connectivity index (χ4v) is 0.468. The van der Waals surface area contributed by atoms with Gasteiger partial charge in [-0.15, -0.1) is 10.3 Å². The third-order valence-corrected chi connectivity index (χ3v) is 0.871. The van der Waals surface area contributed by atoms with Crippen molar-refractivity contribution in [3.05, 3.63) is 0 Å². The molecule has 2 aromatic heterocycles. The second-order valence-corrected chi connectivity index (χ2v) is 1.59. The molecule has 0 amide bonds. The van der Waals surface area contributed by atoms with Crippen LogP contribution in [0, 0.1) is 0 Å². The number of aromatic nitrogens is 8. The first-order valence-electron chi connectivity index (χ1n) is 2.79. The molecule has 0 spiro atoms. The molecule has 10 nitrogen and oxygen atoms in total. The van der Waals surface area contributed by atoms with Crippen molar-refractivity contribution in [1.29, 1.82) is 0 Å². The van der Waals surface area contributed by atoms with E-state index in [4.69, 9.17) is 0 Å². The minimum absolute atomic E-state index is 0.0554. The summed E-state index contributed by atoms with van der Waals surface area (Å²) in [5.41, 5.74) is 0. The number of aromatic amines is 1. The molecule has 10 heteroatoms. The average Bonchev–Trinajstić information content (AvgIpc) is 2.74. The number of hydrogen-bond donors (Lipinski definition) is 1. The molecular weight excluding hydrogens is 164 g/mol. The van der Waals surface area contributed by atoms with Crippen molar-refractivity contribution in [2.45, 2.75) is 0 Å². The average molecular weight is 165 g/mol. The number of rotatable bonds is 2. The van der Waals surface area contributed by atoms with E-state index in [1.807, 2.05) is 0 Å². The van der Waals surface area contributed by atoms with Gasteiger partial charge in [0.2, 0.25) is 0 Å². The Hall–Kier alpha value is -2.26. The molecule has 60 valence electrons. The predicted molar refractivity (Wildman–Crippen MR) is 31.5 cm³/mol. The Bertz CT molecular complexity index is 305. The predicted octanol–water partition coefficient (Wildman–Crippen LogP) is -1.24. The quantitative estimate of drug-likeness (QED) is 0.550. The summed E-state index contributed by atoms with van der Waals surface area (Å²) in [4.78, 5) is 0. The summed E-state index contributed by atoms with van der Waals surface area (Å²) in [5, 5.41) is 32.7. The lowest BCUT2D eigenvalue weighted by Crippen LogP contribution is -1.71. The lowest BCUT2D eigenvalue weighted by molar-refractivity contribution is 0.871. The third kappa shape index (κ3) is 1.25. The number of H-pyrrole nitrogens is 1. The molecule has 12 heavy (non-hydrogen) atoms. The summed E-state index contributed by atoms with van der Waals surface area (Å²) in [6.07, 6.45) is 0. The Balaban J connectivity index is 2.14. The van der Waals surface area contributed by atoms with Crippen LogP contribution in [0.1, 0.15) is 0 Å². The van der Waals surface area contributed by atoms with Crippen LogP contribution >= 0.6 is 0 Å². The largest absolute Gasteiger partial charge is 0.297 e. The van der Waals surface area contributed by atoms with Crippen molar-refractivity contribution in [3.63, 3.8) is 0 Å². The zero-order valence-corrected chi connectivity index (χ0v) is 5.52. The van der Waals surface area contributed by atoms with E-state index < -0.39 is 0 Å². The van der Waals surface area contributed by atoms with Crippen molar-refractivity contribution in [1.82, 2.24) is 41.2 Å². The van der Waals surface area contributed by atoms with E-state index in [1.165, 1.54) is 0 Å². The molecule has 0 saturated carbocycles. The van der Waals surface area contributed by atoms with E-state index in [-0.39, 0.29) is 11.9 Å². The van der Waals surface area contributed by atoms with Crippen LogP contribution in [0.5, 0.6) is 0 Å². The van der Waals surface area contributed by atoms with Gasteiger partial charge in [-0.2, -0.15) is 15.5 Å². The maximum Gasteiger partial charge on any atom is 0.297 e.